The number of rotatable bonds is 6. The van der Waals surface area contributed by atoms with E-state index in [1.807, 2.05) is 0 Å². The second kappa shape index (κ2) is 13.2. The Labute approximate surface area is 342 Å². The zero-order valence-corrected chi connectivity index (χ0v) is 32.2. The fraction of sp³-hybridized carbons (Fsp3) is 0.0175. The summed E-state index contributed by atoms with van der Waals surface area (Å²) >= 11 is 0. The van der Waals surface area contributed by atoms with Gasteiger partial charge in [0.25, 0.3) is 0 Å². The average Bonchev–Trinajstić information content (AvgIpc) is 3.85. The van der Waals surface area contributed by atoms with Crippen LogP contribution in [0.25, 0.3) is 65.7 Å². The summed E-state index contributed by atoms with van der Waals surface area (Å²) in [6, 6.07) is 81.6. The van der Waals surface area contributed by atoms with E-state index in [1.54, 1.807) is 0 Å². The third kappa shape index (κ3) is 5.00. The van der Waals surface area contributed by atoms with Crippen LogP contribution >= 0.6 is 0 Å². The molecule has 0 N–H and O–H groups in total. The average molecular weight is 752 g/mol. The normalized spacial score (nSPS) is 12.9. The van der Waals surface area contributed by atoms with Crippen LogP contribution in [0.2, 0.25) is 0 Å². The molecule has 2 heteroatoms. The summed E-state index contributed by atoms with van der Waals surface area (Å²) in [6.07, 6.45) is 0. The number of hydrogen-bond acceptors (Lipinski definition) is 2. The lowest BCUT2D eigenvalue weighted by atomic mass is 9.68. The van der Waals surface area contributed by atoms with Gasteiger partial charge in [0.15, 0.2) is 5.58 Å². The molecule has 11 aromatic rings. The van der Waals surface area contributed by atoms with Crippen LogP contribution in [0, 0.1) is 0 Å². The van der Waals surface area contributed by atoms with E-state index in [9.17, 15) is 0 Å². The maximum atomic E-state index is 7.14. The molecule has 1 aromatic heterocycles. The minimum atomic E-state index is -0.474. The zero-order valence-electron chi connectivity index (χ0n) is 32.2. The van der Waals surface area contributed by atoms with Gasteiger partial charge in [-0.3, -0.25) is 0 Å². The van der Waals surface area contributed by atoms with Gasteiger partial charge in [0.1, 0.15) is 5.58 Å². The van der Waals surface area contributed by atoms with Gasteiger partial charge in [-0.2, -0.15) is 0 Å². The molecule has 0 saturated heterocycles. The largest absolute Gasteiger partial charge is 0.453 e. The lowest BCUT2D eigenvalue weighted by molar-refractivity contribution is 0.673. The molecule has 2 nitrogen and oxygen atoms in total. The van der Waals surface area contributed by atoms with Gasteiger partial charge in [-0.05, 0) is 97.1 Å². The molecule has 0 fully saturated rings. The molecule has 0 saturated carbocycles. The number of furan rings is 1. The third-order valence-electron chi connectivity index (χ3n) is 12.5. The van der Waals surface area contributed by atoms with E-state index < -0.39 is 5.41 Å². The number of para-hydroxylation sites is 1. The summed E-state index contributed by atoms with van der Waals surface area (Å²) < 4.78 is 7.14. The molecule has 10 aromatic carbocycles. The topological polar surface area (TPSA) is 16.4 Å². The fourth-order valence-electron chi connectivity index (χ4n) is 9.94. The Bertz CT molecular complexity index is 3320. The first-order valence-corrected chi connectivity index (χ1v) is 20.3. The van der Waals surface area contributed by atoms with Gasteiger partial charge >= 0.3 is 0 Å². The molecule has 59 heavy (non-hydrogen) atoms. The quantitative estimate of drug-likeness (QED) is 0.157. The Balaban J connectivity index is 1.08. The van der Waals surface area contributed by atoms with Crippen molar-refractivity contribution in [3.05, 3.63) is 247 Å². The predicted octanol–water partition coefficient (Wildman–Crippen LogP) is 15.4. The van der Waals surface area contributed by atoms with Crippen LogP contribution < -0.4 is 4.90 Å². The molecule has 0 radical (unpaired) electrons. The first-order chi connectivity index (χ1) is 29.3. The van der Waals surface area contributed by atoms with Crippen LogP contribution in [0.1, 0.15) is 22.3 Å². The van der Waals surface area contributed by atoms with E-state index in [4.69, 9.17) is 4.42 Å². The van der Waals surface area contributed by atoms with Crippen molar-refractivity contribution >= 4 is 60.5 Å². The van der Waals surface area contributed by atoms with Crippen LogP contribution in [0.3, 0.4) is 0 Å². The van der Waals surface area contributed by atoms with Crippen LogP contribution in [0.15, 0.2) is 229 Å². The second-order valence-electron chi connectivity index (χ2n) is 15.6. The van der Waals surface area contributed by atoms with Crippen molar-refractivity contribution in [2.45, 2.75) is 5.41 Å². The maximum absolute atomic E-state index is 7.14. The van der Waals surface area contributed by atoms with Gasteiger partial charge in [-0.25, -0.2) is 0 Å². The Morgan fingerprint density at radius 2 is 0.864 bits per heavy atom. The highest BCUT2D eigenvalue weighted by Gasteiger charge is 2.45. The molecule has 0 atom stereocenters. The van der Waals surface area contributed by atoms with E-state index in [0.29, 0.717) is 0 Å². The molecule has 1 aliphatic carbocycles. The van der Waals surface area contributed by atoms with Gasteiger partial charge in [0, 0.05) is 27.5 Å². The van der Waals surface area contributed by atoms with Gasteiger partial charge in [-0.1, -0.05) is 188 Å². The van der Waals surface area contributed by atoms with Crippen LogP contribution in [0.5, 0.6) is 0 Å². The monoisotopic (exact) mass is 751 g/mol. The summed E-state index contributed by atoms with van der Waals surface area (Å²) in [5.41, 5.74) is 14.4. The van der Waals surface area contributed by atoms with E-state index in [1.165, 1.54) is 60.7 Å². The Kier molecular flexibility index (Phi) is 7.48. The van der Waals surface area contributed by atoms with Gasteiger partial charge in [0.2, 0.25) is 0 Å². The molecule has 1 aliphatic rings. The predicted molar refractivity (Wildman–Crippen MR) is 246 cm³/mol. The van der Waals surface area contributed by atoms with Crippen molar-refractivity contribution in [3.63, 3.8) is 0 Å². The van der Waals surface area contributed by atoms with Crippen molar-refractivity contribution < 1.29 is 4.42 Å². The number of benzene rings is 10. The van der Waals surface area contributed by atoms with Gasteiger partial charge in [-0.15, -0.1) is 0 Å². The van der Waals surface area contributed by atoms with Gasteiger partial charge in [0.05, 0.1) is 11.1 Å². The van der Waals surface area contributed by atoms with E-state index in [2.05, 4.69) is 229 Å². The molecule has 0 amide bonds. The molecule has 1 heterocycles. The number of hydrogen-bond donors (Lipinski definition) is 0. The smallest absolute Gasteiger partial charge is 0.159 e. The number of fused-ring (bicyclic) bond motifs is 10. The molecule has 0 spiro atoms. The molecule has 276 valence electrons. The highest BCUT2D eigenvalue weighted by Crippen LogP contribution is 2.56. The molecular formula is C57H37NO. The first-order valence-electron chi connectivity index (χ1n) is 20.3. The van der Waals surface area contributed by atoms with Crippen molar-refractivity contribution in [2.75, 3.05) is 4.90 Å². The molecule has 0 bridgehead atoms. The Hall–Kier alpha value is -7.68. The maximum Gasteiger partial charge on any atom is 0.159 e. The van der Waals surface area contributed by atoms with Crippen LogP contribution in [-0.2, 0) is 5.41 Å². The number of anilines is 3. The Morgan fingerprint density at radius 3 is 1.59 bits per heavy atom. The minimum Gasteiger partial charge on any atom is -0.453 e. The van der Waals surface area contributed by atoms with Crippen molar-refractivity contribution in [1.29, 1.82) is 0 Å². The summed E-state index contributed by atoms with van der Waals surface area (Å²) in [5, 5.41) is 6.93. The molecule has 12 rings (SSSR count). The Morgan fingerprint density at radius 1 is 0.339 bits per heavy atom. The summed E-state index contributed by atoms with van der Waals surface area (Å²) in [6.45, 7) is 0. The fourth-order valence-corrected chi connectivity index (χ4v) is 9.94. The minimum absolute atomic E-state index is 0.474. The van der Waals surface area contributed by atoms with Crippen molar-refractivity contribution in [1.82, 2.24) is 0 Å². The summed E-state index contributed by atoms with van der Waals surface area (Å²) in [7, 11) is 0. The lowest BCUT2D eigenvalue weighted by Gasteiger charge is -2.34. The highest BCUT2D eigenvalue weighted by molar-refractivity contribution is 6.24. The van der Waals surface area contributed by atoms with Crippen LogP contribution in [0.4, 0.5) is 17.1 Å². The lowest BCUT2D eigenvalue weighted by Crippen LogP contribution is -2.28. The molecule has 0 aliphatic heterocycles. The first kappa shape index (κ1) is 33.5. The molecule has 0 unspecified atom stereocenters. The standard InChI is InChI=1S/C57H37NO/c1-3-14-38(15-4-1)39-28-33-44(34-29-39)58(53-25-13-22-49-50-37-30-41-27-26-40-16-7-8-19-46(40)54(41)56(50)59-55(49)53)45-35-31-43(32-36-45)57(42-17-5-2-6-18-42)51-23-11-9-20-47(51)48-21-10-12-24-52(48)57/h1-37H. The zero-order chi connectivity index (χ0) is 38.9. The van der Waals surface area contributed by atoms with E-state index in [-0.39, 0.29) is 0 Å². The SMILES string of the molecule is c1ccc(-c2ccc(N(c3ccc(C4(c5ccccc5)c5ccccc5-c5ccccc54)cc3)c3cccc4c3oc3c4ccc4ccc5ccccc5c43)cc2)cc1. The van der Waals surface area contributed by atoms with Crippen LogP contribution in [-0.4, -0.2) is 0 Å². The third-order valence-corrected chi connectivity index (χ3v) is 12.5. The summed E-state index contributed by atoms with van der Waals surface area (Å²) in [4.78, 5) is 2.36. The van der Waals surface area contributed by atoms with E-state index in [0.717, 1.165) is 44.4 Å². The second-order valence-corrected chi connectivity index (χ2v) is 15.6. The summed E-state index contributed by atoms with van der Waals surface area (Å²) in [5.74, 6) is 0. The molecular weight excluding hydrogens is 715 g/mol. The van der Waals surface area contributed by atoms with Gasteiger partial charge < -0.3 is 9.32 Å². The van der Waals surface area contributed by atoms with Crippen molar-refractivity contribution in [3.8, 4) is 22.3 Å². The van der Waals surface area contributed by atoms with Crippen molar-refractivity contribution in [2.24, 2.45) is 0 Å². The number of nitrogens with zero attached hydrogens (tertiary/aromatic N) is 1. The highest BCUT2D eigenvalue weighted by atomic mass is 16.3. The van der Waals surface area contributed by atoms with E-state index >= 15 is 0 Å².